The Hall–Kier alpha value is -1.96. The SMILES string of the molecule is Nc1ccc2cc3oc4c(c3cc2c1)CCCC4. The zero-order valence-corrected chi connectivity index (χ0v) is 10.2. The summed E-state index contributed by atoms with van der Waals surface area (Å²) in [4.78, 5) is 0. The summed E-state index contributed by atoms with van der Waals surface area (Å²) in [6.07, 6.45) is 4.76. The molecule has 0 amide bonds. The van der Waals surface area contributed by atoms with Crippen LogP contribution in [-0.2, 0) is 12.8 Å². The van der Waals surface area contributed by atoms with Crippen LogP contribution in [0.2, 0.25) is 0 Å². The van der Waals surface area contributed by atoms with Crippen molar-refractivity contribution in [3.63, 3.8) is 0 Å². The van der Waals surface area contributed by atoms with Crippen LogP contribution in [0.25, 0.3) is 21.7 Å². The zero-order valence-electron chi connectivity index (χ0n) is 10.2. The van der Waals surface area contributed by atoms with Crippen molar-refractivity contribution < 1.29 is 4.42 Å². The highest BCUT2D eigenvalue weighted by Crippen LogP contribution is 2.34. The zero-order chi connectivity index (χ0) is 12.1. The van der Waals surface area contributed by atoms with E-state index in [2.05, 4.69) is 18.2 Å². The van der Waals surface area contributed by atoms with E-state index in [4.69, 9.17) is 10.2 Å². The fourth-order valence-corrected chi connectivity index (χ4v) is 3.02. The van der Waals surface area contributed by atoms with Crippen molar-refractivity contribution in [2.75, 3.05) is 5.73 Å². The van der Waals surface area contributed by atoms with E-state index in [9.17, 15) is 0 Å². The van der Waals surface area contributed by atoms with Gasteiger partial charge in [0.1, 0.15) is 11.3 Å². The molecule has 0 unspecified atom stereocenters. The van der Waals surface area contributed by atoms with Gasteiger partial charge in [-0.25, -0.2) is 0 Å². The Morgan fingerprint density at radius 1 is 0.944 bits per heavy atom. The number of benzene rings is 2. The third-order valence-electron chi connectivity index (χ3n) is 3.94. The van der Waals surface area contributed by atoms with Gasteiger partial charge in [0.05, 0.1) is 0 Å². The molecule has 2 N–H and O–H groups in total. The van der Waals surface area contributed by atoms with E-state index in [1.54, 1.807) is 0 Å². The van der Waals surface area contributed by atoms with Crippen LogP contribution in [0.5, 0.6) is 0 Å². The monoisotopic (exact) mass is 237 g/mol. The molecule has 0 aliphatic heterocycles. The highest BCUT2D eigenvalue weighted by atomic mass is 16.3. The molecule has 0 saturated carbocycles. The molecular formula is C16H15NO. The van der Waals surface area contributed by atoms with Crippen LogP contribution < -0.4 is 5.73 Å². The lowest BCUT2D eigenvalue weighted by Gasteiger charge is -2.08. The first-order valence-corrected chi connectivity index (χ1v) is 6.55. The molecule has 1 heterocycles. The molecule has 2 heteroatoms. The first kappa shape index (κ1) is 10.0. The number of aryl methyl sites for hydroxylation is 2. The van der Waals surface area contributed by atoms with Crippen molar-refractivity contribution in [2.24, 2.45) is 0 Å². The predicted octanol–water partition coefficient (Wildman–Crippen LogP) is 4.05. The second-order valence-electron chi connectivity index (χ2n) is 5.17. The molecule has 1 aliphatic carbocycles. The van der Waals surface area contributed by atoms with E-state index >= 15 is 0 Å². The van der Waals surface area contributed by atoms with Gasteiger partial charge in [-0.3, -0.25) is 0 Å². The van der Waals surface area contributed by atoms with Crippen LogP contribution >= 0.6 is 0 Å². The van der Waals surface area contributed by atoms with E-state index in [0.29, 0.717) is 0 Å². The third-order valence-corrected chi connectivity index (χ3v) is 3.94. The molecule has 4 rings (SSSR count). The highest BCUT2D eigenvalue weighted by Gasteiger charge is 2.17. The minimum absolute atomic E-state index is 0.819. The number of nitrogen functional groups attached to an aromatic ring is 1. The number of fused-ring (bicyclic) bond motifs is 4. The Bertz CT molecular complexity index is 754. The Morgan fingerprint density at radius 3 is 2.78 bits per heavy atom. The second kappa shape index (κ2) is 3.52. The van der Waals surface area contributed by atoms with E-state index in [1.807, 2.05) is 12.1 Å². The van der Waals surface area contributed by atoms with Gasteiger partial charge in [-0.2, -0.15) is 0 Å². The smallest absolute Gasteiger partial charge is 0.135 e. The summed E-state index contributed by atoms with van der Waals surface area (Å²) in [5, 5.41) is 3.68. The predicted molar refractivity (Wildman–Crippen MR) is 74.8 cm³/mol. The van der Waals surface area contributed by atoms with Crippen molar-refractivity contribution in [1.29, 1.82) is 0 Å². The molecule has 0 saturated heterocycles. The molecule has 2 aromatic carbocycles. The van der Waals surface area contributed by atoms with Crippen LogP contribution in [-0.4, -0.2) is 0 Å². The maximum Gasteiger partial charge on any atom is 0.135 e. The molecular weight excluding hydrogens is 222 g/mol. The summed E-state index contributed by atoms with van der Waals surface area (Å²) in [6.45, 7) is 0. The fraction of sp³-hybridized carbons (Fsp3) is 0.250. The average Bonchev–Trinajstić information content (AvgIpc) is 2.74. The van der Waals surface area contributed by atoms with Gasteiger partial charge in [0.15, 0.2) is 0 Å². The second-order valence-corrected chi connectivity index (χ2v) is 5.17. The molecule has 18 heavy (non-hydrogen) atoms. The standard InChI is InChI=1S/C16H15NO/c17-12-6-5-10-9-16-14(8-11(10)7-12)13-3-1-2-4-15(13)18-16/h5-9H,1-4,17H2. The summed E-state index contributed by atoms with van der Waals surface area (Å²) < 4.78 is 6.00. The van der Waals surface area contributed by atoms with E-state index in [1.165, 1.54) is 40.3 Å². The number of rotatable bonds is 0. The fourth-order valence-electron chi connectivity index (χ4n) is 3.02. The number of hydrogen-bond acceptors (Lipinski definition) is 2. The lowest BCUT2D eigenvalue weighted by atomic mass is 9.95. The van der Waals surface area contributed by atoms with Gasteiger partial charge in [-0.05, 0) is 54.3 Å². The van der Waals surface area contributed by atoms with Gasteiger partial charge >= 0.3 is 0 Å². The Morgan fingerprint density at radius 2 is 1.83 bits per heavy atom. The Kier molecular flexibility index (Phi) is 1.95. The highest BCUT2D eigenvalue weighted by molar-refractivity contribution is 5.98. The quantitative estimate of drug-likeness (QED) is 0.599. The summed E-state index contributed by atoms with van der Waals surface area (Å²) in [5.41, 5.74) is 9.12. The Balaban J connectivity index is 2.09. The van der Waals surface area contributed by atoms with Crippen LogP contribution in [0.4, 0.5) is 5.69 Å². The maximum absolute atomic E-state index is 6.00. The molecule has 0 bridgehead atoms. The lowest BCUT2D eigenvalue weighted by molar-refractivity contribution is 0.506. The van der Waals surface area contributed by atoms with Crippen LogP contribution in [0, 0.1) is 0 Å². The van der Waals surface area contributed by atoms with E-state index < -0.39 is 0 Å². The number of nitrogens with two attached hydrogens (primary N) is 1. The van der Waals surface area contributed by atoms with E-state index in [0.717, 1.165) is 24.1 Å². The topological polar surface area (TPSA) is 39.2 Å². The Labute approximate surface area is 105 Å². The van der Waals surface area contributed by atoms with Crippen LogP contribution in [0.1, 0.15) is 24.2 Å². The number of anilines is 1. The maximum atomic E-state index is 6.00. The summed E-state index contributed by atoms with van der Waals surface area (Å²) in [7, 11) is 0. The van der Waals surface area contributed by atoms with Crippen molar-refractivity contribution in [3.8, 4) is 0 Å². The molecule has 2 nitrogen and oxygen atoms in total. The summed E-state index contributed by atoms with van der Waals surface area (Å²) in [6, 6.07) is 10.4. The normalized spacial score (nSPS) is 15.1. The first-order valence-electron chi connectivity index (χ1n) is 6.55. The van der Waals surface area contributed by atoms with E-state index in [-0.39, 0.29) is 0 Å². The van der Waals surface area contributed by atoms with Gasteiger partial charge < -0.3 is 10.2 Å². The third kappa shape index (κ3) is 1.35. The summed E-state index contributed by atoms with van der Waals surface area (Å²) in [5.74, 6) is 1.19. The number of furan rings is 1. The lowest BCUT2D eigenvalue weighted by Crippen LogP contribution is -1.98. The molecule has 0 spiro atoms. The van der Waals surface area contributed by atoms with Gasteiger partial charge in [0.2, 0.25) is 0 Å². The molecule has 0 atom stereocenters. The van der Waals surface area contributed by atoms with Crippen molar-refractivity contribution in [2.45, 2.75) is 25.7 Å². The van der Waals surface area contributed by atoms with Gasteiger partial charge in [0.25, 0.3) is 0 Å². The van der Waals surface area contributed by atoms with Gasteiger partial charge in [-0.15, -0.1) is 0 Å². The van der Waals surface area contributed by atoms with Gasteiger partial charge in [0, 0.05) is 23.1 Å². The molecule has 0 radical (unpaired) electrons. The average molecular weight is 237 g/mol. The molecule has 1 aromatic heterocycles. The van der Waals surface area contributed by atoms with Crippen LogP contribution in [0.3, 0.4) is 0 Å². The molecule has 1 aliphatic rings. The van der Waals surface area contributed by atoms with Crippen molar-refractivity contribution >= 4 is 27.4 Å². The van der Waals surface area contributed by atoms with Crippen molar-refractivity contribution in [3.05, 3.63) is 41.7 Å². The molecule has 0 fully saturated rings. The summed E-state index contributed by atoms with van der Waals surface area (Å²) >= 11 is 0. The minimum atomic E-state index is 0.819. The van der Waals surface area contributed by atoms with Crippen molar-refractivity contribution in [1.82, 2.24) is 0 Å². The molecule has 90 valence electrons. The molecule has 3 aromatic rings. The minimum Gasteiger partial charge on any atom is -0.461 e. The van der Waals surface area contributed by atoms with Crippen LogP contribution in [0.15, 0.2) is 34.7 Å². The largest absolute Gasteiger partial charge is 0.461 e. The first-order chi connectivity index (χ1) is 8.81. The number of hydrogen-bond donors (Lipinski definition) is 1. The van der Waals surface area contributed by atoms with Gasteiger partial charge in [-0.1, -0.05) is 6.07 Å².